The predicted octanol–water partition coefficient (Wildman–Crippen LogP) is 2.48. The van der Waals surface area contributed by atoms with Crippen LogP contribution in [0.15, 0.2) is 30.3 Å². The molecule has 0 aromatic heterocycles. The van der Waals surface area contributed by atoms with E-state index < -0.39 is 0 Å². The van der Waals surface area contributed by atoms with Crippen molar-refractivity contribution in [3.63, 3.8) is 0 Å². The lowest BCUT2D eigenvalue weighted by Crippen LogP contribution is -2.48. The Morgan fingerprint density at radius 1 is 1.27 bits per heavy atom. The molecule has 0 bridgehead atoms. The standard InChI is InChI=1S/C18H26N2O2/c1-20(2)18(15-7-4-3-5-8-15)12-10-16(11-13-18)19-17(22)9-6-14-21/h3-5,7-8,14,16H,6,9-13H2,1-2H3,(H,19,22). The van der Waals surface area contributed by atoms with Crippen molar-refractivity contribution in [1.29, 1.82) is 0 Å². The normalized spacial score (nSPS) is 25.0. The van der Waals surface area contributed by atoms with E-state index in [1.165, 1.54) is 5.56 Å². The van der Waals surface area contributed by atoms with Gasteiger partial charge in [0.25, 0.3) is 0 Å². The fourth-order valence-electron chi connectivity index (χ4n) is 3.47. The van der Waals surface area contributed by atoms with Crippen LogP contribution >= 0.6 is 0 Å². The van der Waals surface area contributed by atoms with Gasteiger partial charge in [0, 0.05) is 24.4 Å². The van der Waals surface area contributed by atoms with Crippen molar-refractivity contribution >= 4 is 12.2 Å². The first-order valence-corrected chi connectivity index (χ1v) is 8.04. The molecule has 1 N–H and O–H groups in total. The average Bonchev–Trinajstić information content (AvgIpc) is 2.54. The Labute approximate surface area is 132 Å². The molecule has 0 radical (unpaired) electrons. The van der Waals surface area contributed by atoms with E-state index in [1.807, 2.05) is 6.07 Å². The second-order valence-electron chi connectivity index (χ2n) is 6.34. The van der Waals surface area contributed by atoms with Crippen LogP contribution in [0, 0.1) is 0 Å². The molecule has 2 rings (SSSR count). The van der Waals surface area contributed by atoms with Crippen molar-refractivity contribution in [1.82, 2.24) is 10.2 Å². The molecule has 0 spiro atoms. The van der Waals surface area contributed by atoms with Gasteiger partial charge in [-0.2, -0.15) is 0 Å². The summed E-state index contributed by atoms with van der Waals surface area (Å²) >= 11 is 0. The SMILES string of the molecule is CN(C)C1(c2ccccc2)CCC(NC(=O)CCC=O)CC1. The first-order valence-electron chi connectivity index (χ1n) is 8.04. The van der Waals surface area contributed by atoms with Crippen LogP contribution in [0.2, 0.25) is 0 Å². The Kier molecular flexibility index (Phi) is 5.72. The molecular weight excluding hydrogens is 276 g/mol. The van der Waals surface area contributed by atoms with Crippen molar-refractivity contribution in [2.75, 3.05) is 14.1 Å². The van der Waals surface area contributed by atoms with Gasteiger partial charge >= 0.3 is 0 Å². The van der Waals surface area contributed by atoms with E-state index >= 15 is 0 Å². The number of benzene rings is 1. The summed E-state index contributed by atoms with van der Waals surface area (Å²) in [5.74, 6) is -0.00540. The zero-order valence-electron chi connectivity index (χ0n) is 13.5. The Morgan fingerprint density at radius 2 is 1.91 bits per heavy atom. The van der Waals surface area contributed by atoms with Crippen molar-refractivity contribution in [3.8, 4) is 0 Å². The fraction of sp³-hybridized carbons (Fsp3) is 0.556. The lowest BCUT2D eigenvalue weighted by atomic mass is 9.74. The van der Waals surface area contributed by atoms with Crippen molar-refractivity contribution in [2.45, 2.75) is 50.1 Å². The summed E-state index contributed by atoms with van der Waals surface area (Å²) in [5.41, 5.74) is 1.41. The number of nitrogens with one attached hydrogen (secondary N) is 1. The summed E-state index contributed by atoms with van der Waals surface area (Å²) in [4.78, 5) is 24.4. The van der Waals surface area contributed by atoms with Crippen molar-refractivity contribution in [3.05, 3.63) is 35.9 Å². The molecule has 0 heterocycles. The number of hydrogen-bond donors (Lipinski definition) is 1. The first-order chi connectivity index (χ1) is 10.6. The molecule has 120 valence electrons. The van der Waals surface area contributed by atoms with E-state index in [9.17, 15) is 9.59 Å². The molecule has 0 atom stereocenters. The molecule has 1 saturated carbocycles. The number of carbonyl (C=O) groups excluding carboxylic acids is 2. The second-order valence-corrected chi connectivity index (χ2v) is 6.34. The van der Waals surface area contributed by atoms with Crippen LogP contribution < -0.4 is 5.32 Å². The number of rotatable bonds is 6. The summed E-state index contributed by atoms with van der Waals surface area (Å²) in [6.45, 7) is 0. The third-order valence-electron chi connectivity index (χ3n) is 4.83. The molecule has 1 aromatic carbocycles. The van der Waals surface area contributed by atoms with Crippen LogP contribution in [0.4, 0.5) is 0 Å². The molecule has 1 aliphatic rings. The van der Waals surface area contributed by atoms with Gasteiger partial charge in [-0.1, -0.05) is 30.3 Å². The van der Waals surface area contributed by atoms with Crippen molar-refractivity contribution in [2.24, 2.45) is 0 Å². The van der Waals surface area contributed by atoms with Gasteiger partial charge < -0.3 is 10.1 Å². The summed E-state index contributed by atoms with van der Waals surface area (Å²) in [6.07, 6.45) is 5.42. The number of nitrogens with zero attached hydrogens (tertiary/aromatic N) is 1. The zero-order valence-corrected chi connectivity index (χ0v) is 13.5. The fourth-order valence-corrected chi connectivity index (χ4v) is 3.47. The molecule has 0 saturated heterocycles. The van der Waals surface area contributed by atoms with Gasteiger partial charge in [0.1, 0.15) is 6.29 Å². The molecule has 0 aliphatic heterocycles. The smallest absolute Gasteiger partial charge is 0.220 e. The van der Waals surface area contributed by atoms with E-state index in [1.54, 1.807) is 0 Å². The van der Waals surface area contributed by atoms with E-state index in [-0.39, 0.29) is 17.5 Å². The number of amides is 1. The summed E-state index contributed by atoms with van der Waals surface area (Å²) in [6, 6.07) is 10.9. The highest BCUT2D eigenvalue weighted by Gasteiger charge is 2.38. The van der Waals surface area contributed by atoms with Crippen LogP contribution in [0.1, 0.15) is 44.1 Å². The monoisotopic (exact) mass is 302 g/mol. The van der Waals surface area contributed by atoms with E-state index in [4.69, 9.17) is 0 Å². The lowest BCUT2D eigenvalue weighted by molar-refractivity contribution is -0.123. The van der Waals surface area contributed by atoms with Crippen LogP contribution in [0.3, 0.4) is 0 Å². The van der Waals surface area contributed by atoms with Gasteiger partial charge in [0.2, 0.25) is 5.91 Å². The molecule has 1 aliphatic carbocycles. The summed E-state index contributed by atoms with van der Waals surface area (Å²) in [5, 5.41) is 3.07. The van der Waals surface area contributed by atoms with Crippen LogP contribution in [-0.2, 0) is 15.1 Å². The van der Waals surface area contributed by atoms with E-state index in [0.717, 1.165) is 32.0 Å². The molecule has 1 fully saturated rings. The lowest BCUT2D eigenvalue weighted by Gasteiger charge is -2.45. The second kappa shape index (κ2) is 7.54. The van der Waals surface area contributed by atoms with Gasteiger partial charge in [-0.3, -0.25) is 9.69 Å². The van der Waals surface area contributed by atoms with E-state index in [0.29, 0.717) is 12.8 Å². The Hall–Kier alpha value is -1.68. The maximum absolute atomic E-state index is 11.8. The third kappa shape index (κ3) is 3.74. The van der Waals surface area contributed by atoms with Gasteiger partial charge in [0.15, 0.2) is 0 Å². The molecule has 1 amide bonds. The van der Waals surface area contributed by atoms with Crippen molar-refractivity contribution < 1.29 is 9.59 Å². The predicted molar refractivity (Wildman–Crippen MR) is 87.5 cm³/mol. The molecule has 4 heteroatoms. The highest BCUT2D eigenvalue weighted by Crippen LogP contribution is 2.40. The summed E-state index contributed by atoms with van der Waals surface area (Å²) < 4.78 is 0. The first kappa shape index (κ1) is 16.7. The Morgan fingerprint density at radius 3 is 2.45 bits per heavy atom. The number of aldehydes is 1. The van der Waals surface area contributed by atoms with Gasteiger partial charge in [-0.05, 0) is 45.3 Å². The minimum Gasteiger partial charge on any atom is -0.353 e. The number of carbonyl (C=O) groups is 2. The van der Waals surface area contributed by atoms with Gasteiger partial charge in [-0.25, -0.2) is 0 Å². The molecule has 1 aromatic rings. The van der Waals surface area contributed by atoms with Crippen LogP contribution in [0.25, 0.3) is 0 Å². The number of hydrogen-bond acceptors (Lipinski definition) is 3. The summed E-state index contributed by atoms with van der Waals surface area (Å²) in [7, 11) is 4.27. The van der Waals surface area contributed by atoms with Gasteiger partial charge in [-0.15, -0.1) is 0 Å². The average molecular weight is 302 g/mol. The zero-order chi connectivity index (χ0) is 16.0. The van der Waals surface area contributed by atoms with Crippen LogP contribution in [0.5, 0.6) is 0 Å². The maximum Gasteiger partial charge on any atom is 0.220 e. The minimum atomic E-state index is -0.00540. The highest BCUT2D eigenvalue weighted by atomic mass is 16.1. The maximum atomic E-state index is 11.8. The highest BCUT2D eigenvalue weighted by molar-refractivity contribution is 5.78. The molecular formula is C18H26N2O2. The van der Waals surface area contributed by atoms with E-state index in [2.05, 4.69) is 48.6 Å². The Bertz CT molecular complexity index is 491. The molecule has 4 nitrogen and oxygen atoms in total. The van der Waals surface area contributed by atoms with Gasteiger partial charge in [0.05, 0.1) is 0 Å². The Balaban J connectivity index is 1.99. The quantitative estimate of drug-likeness (QED) is 0.821. The molecule has 22 heavy (non-hydrogen) atoms. The minimum absolute atomic E-state index is 0.00540. The third-order valence-corrected chi connectivity index (χ3v) is 4.83. The molecule has 0 unspecified atom stereocenters. The van der Waals surface area contributed by atoms with Crippen LogP contribution in [-0.4, -0.2) is 37.2 Å². The largest absolute Gasteiger partial charge is 0.353 e. The topological polar surface area (TPSA) is 49.4 Å².